The van der Waals surface area contributed by atoms with Crippen molar-refractivity contribution in [2.75, 3.05) is 11.9 Å². The van der Waals surface area contributed by atoms with Gasteiger partial charge < -0.3 is 5.32 Å². The highest BCUT2D eigenvalue weighted by Gasteiger charge is 2.54. The molecule has 1 fully saturated rings. The van der Waals surface area contributed by atoms with Crippen molar-refractivity contribution in [3.8, 4) is 10.6 Å². The molecule has 1 saturated heterocycles. The normalized spacial score (nSPS) is 19.4. The van der Waals surface area contributed by atoms with Crippen LogP contribution in [0.1, 0.15) is 49.3 Å². The maximum Gasteiger partial charge on any atom is 0.325 e. The van der Waals surface area contributed by atoms with E-state index in [0.29, 0.717) is 22.5 Å². The van der Waals surface area contributed by atoms with E-state index in [9.17, 15) is 14.4 Å². The van der Waals surface area contributed by atoms with Crippen molar-refractivity contribution in [1.29, 1.82) is 0 Å². The summed E-state index contributed by atoms with van der Waals surface area (Å²) in [7, 11) is 0. The van der Waals surface area contributed by atoms with Crippen molar-refractivity contribution in [1.82, 2.24) is 20.4 Å². The van der Waals surface area contributed by atoms with Crippen LogP contribution >= 0.6 is 11.3 Å². The third-order valence-electron chi connectivity index (χ3n) is 6.45. The second kappa shape index (κ2) is 8.64. The van der Waals surface area contributed by atoms with E-state index in [0.717, 1.165) is 34.4 Å². The highest BCUT2D eigenvalue weighted by atomic mass is 32.1. The van der Waals surface area contributed by atoms with Gasteiger partial charge in [-0.25, -0.2) is 4.79 Å². The molecule has 0 radical (unpaired) electrons. The molecule has 5 rings (SSSR count). The van der Waals surface area contributed by atoms with Crippen LogP contribution in [0, 0.1) is 0 Å². The Hall–Kier alpha value is -3.59. The molecule has 174 valence electrons. The molecule has 1 aromatic heterocycles. The highest BCUT2D eigenvalue weighted by molar-refractivity contribution is 7.18. The second-order valence-electron chi connectivity index (χ2n) is 8.97. The zero-order valence-corrected chi connectivity index (χ0v) is 19.8. The Morgan fingerprint density at radius 3 is 2.68 bits per heavy atom. The number of hydrogen-bond acceptors (Lipinski definition) is 6. The topological polar surface area (TPSA) is 104 Å². The molecule has 3 aromatic rings. The summed E-state index contributed by atoms with van der Waals surface area (Å²) in [5, 5.41) is 14.7. The summed E-state index contributed by atoms with van der Waals surface area (Å²) in [5.41, 5.74) is 2.92. The minimum absolute atomic E-state index is 0.317. The molecular formula is C25H25N5O3S. The average Bonchev–Trinajstić information content (AvgIpc) is 3.38. The molecule has 1 atom stereocenters. The smallest absolute Gasteiger partial charge is 0.319 e. The third kappa shape index (κ3) is 3.86. The Kier molecular flexibility index (Phi) is 5.65. The quantitative estimate of drug-likeness (QED) is 0.542. The predicted molar refractivity (Wildman–Crippen MR) is 129 cm³/mol. The lowest BCUT2D eigenvalue weighted by atomic mass is 9.76. The number of nitrogens with one attached hydrogen (secondary N) is 2. The molecule has 2 aliphatic rings. The van der Waals surface area contributed by atoms with Crippen LogP contribution in [0.25, 0.3) is 10.6 Å². The number of rotatable bonds is 5. The van der Waals surface area contributed by atoms with E-state index < -0.39 is 17.5 Å². The fraction of sp³-hybridized carbons (Fsp3) is 0.320. The van der Waals surface area contributed by atoms with E-state index in [1.54, 1.807) is 0 Å². The van der Waals surface area contributed by atoms with Crippen LogP contribution in [0.3, 0.4) is 0 Å². The fourth-order valence-corrected chi connectivity index (χ4v) is 5.42. The van der Waals surface area contributed by atoms with Crippen LogP contribution in [0.4, 0.5) is 9.93 Å². The summed E-state index contributed by atoms with van der Waals surface area (Å²) in [6, 6.07) is 15.2. The third-order valence-corrected chi connectivity index (χ3v) is 7.34. The summed E-state index contributed by atoms with van der Waals surface area (Å²) in [5.74, 6) is -0.449. The summed E-state index contributed by atoms with van der Waals surface area (Å²) < 4.78 is 0. The number of carbonyl (C=O) groups excluding carboxylic acids is 3. The number of aryl methyl sites for hydroxylation is 1. The van der Waals surface area contributed by atoms with E-state index >= 15 is 0 Å². The molecule has 1 spiro atoms. The van der Waals surface area contributed by atoms with Crippen molar-refractivity contribution >= 4 is 34.3 Å². The SMILES string of the molecule is CC(C)c1ccc(-c2nnc(NC(=O)CN3C(=O)NC4(CCCc5ccccc54)C3=O)s2)cc1. The molecule has 1 aliphatic carbocycles. The lowest BCUT2D eigenvalue weighted by molar-refractivity contribution is -0.134. The molecule has 1 aliphatic heterocycles. The van der Waals surface area contributed by atoms with E-state index in [2.05, 4.69) is 46.8 Å². The van der Waals surface area contributed by atoms with Gasteiger partial charge in [0.25, 0.3) is 5.91 Å². The van der Waals surface area contributed by atoms with Gasteiger partial charge in [0.05, 0.1) is 0 Å². The van der Waals surface area contributed by atoms with Gasteiger partial charge in [0.15, 0.2) is 0 Å². The van der Waals surface area contributed by atoms with Crippen molar-refractivity contribution in [2.45, 2.75) is 44.6 Å². The van der Waals surface area contributed by atoms with Gasteiger partial charge in [-0.1, -0.05) is 73.7 Å². The highest BCUT2D eigenvalue weighted by Crippen LogP contribution is 2.39. The summed E-state index contributed by atoms with van der Waals surface area (Å²) in [6.07, 6.45) is 2.16. The number of urea groups is 1. The molecule has 2 aromatic carbocycles. The largest absolute Gasteiger partial charge is 0.325 e. The van der Waals surface area contributed by atoms with Gasteiger partial charge in [-0.3, -0.25) is 19.8 Å². The van der Waals surface area contributed by atoms with Crippen LogP contribution in [0.15, 0.2) is 48.5 Å². The van der Waals surface area contributed by atoms with Crippen molar-refractivity contribution in [3.63, 3.8) is 0 Å². The van der Waals surface area contributed by atoms with E-state index in [1.807, 2.05) is 36.4 Å². The summed E-state index contributed by atoms with van der Waals surface area (Å²) in [4.78, 5) is 39.7. The summed E-state index contributed by atoms with van der Waals surface area (Å²) >= 11 is 1.24. The van der Waals surface area contributed by atoms with Crippen molar-refractivity contribution in [2.24, 2.45) is 0 Å². The van der Waals surface area contributed by atoms with Gasteiger partial charge in [0.2, 0.25) is 11.0 Å². The van der Waals surface area contributed by atoms with Crippen molar-refractivity contribution < 1.29 is 14.4 Å². The minimum Gasteiger partial charge on any atom is -0.319 e. The molecule has 8 nitrogen and oxygen atoms in total. The number of fused-ring (bicyclic) bond motifs is 2. The molecule has 4 amide bonds. The Morgan fingerprint density at radius 1 is 1.15 bits per heavy atom. The predicted octanol–water partition coefficient (Wildman–Crippen LogP) is 4.05. The number of benzene rings is 2. The first-order valence-electron chi connectivity index (χ1n) is 11.3. The van der Waals surface area contributed by atoms with Gasteiger partial charge >= 0.3 is 6.03 Å². The lowest BCUT2D eigenvalue weighted by Gasteiger charge is -2.33. The maximum absolute atomic E-state index is 13.3. The molecule has 9 heteroatoms. The molecule has 2 heterocycles. The van der Waals surface area contributed by atoms with E-state index in [-0.39, 0.29) is 12.5 Å². The Balaban J connectivity index is 1.28. The van der Waals surface area contributed by atoms with Gasteiger partial charge in [0.1, 0.15) is 17.1 Å². The number of hydrogen-bond donors (Lipinski definition) is 2. The second-order valence-corrected chi connectivity index (χ2v) is 9.95. The zero-order chi connectivity index (χ0) is 23.9. The summed E-state index contributed by atoms with van der Waals surface area (Å²) in [6.45, 7) is 3.88. The number of carbonyl (C=O) groups is 3. The monoisotopic (exact) mass is 475 g/mol. The Morgan fingerprint density at radius 2 is 1.91 bits per heavy atom. The zero-order valence-electron chi connectivity index (χ0n) is 19.0. The van der Waals surface area contributed by atoms with Crippen LogP contribution in [-0.2, 0) is 21.5 Å². The van der Waals surface area contributed by atoms with Gasteiger partial charge in [-0.2, -0.15) is 0 Å². The number of imide groups is 1. The average molecular weight is 476 g/mol. The first-order valence-corrected chi connectivity index (χ1v) is 12.2. The molecular weight excluding hydrogens is 450 g/mol. The Labute approximate surface area is 201 Å². The van der Waals surface area contributed by atoms with Crippen LogP contribution in [0.2, 0.25) is 0 Å². The molecule has 2 N–H and O–H groups in total. The van der Waals surface area contributed by atoms with Crippen LogP contribution < -0.4 is 10.6 Å². The van der Waals surface area contributed by atoms with Gasteiger partial charge in [-0.05, 0) is 41.9 Å². The van der Waals surface area contributed by atoms with Gasteiger partial charge in [-0.15, -0.1) is 10.2 Å². The van der Waals surface area contributed by atoms with E-state index in [1.165, 1.54) is 16.9 Å². The molecule has 34 heavy (non-hydrogen) atoms. The van der Waals surface area contributed by atoms with Gasteiger partial charge in [0, 0.05) is 5.56 Å². The number of amides is 4. The molecule has 1 unspecified atom stereocenters. The number of aromatic nitrogens is 2. The van der Waals surface area contributed by atoms with E-state index in [4.69, 9.17) is 0 Å². The number of nitrogens with zero attached hydrogens (tertiary/aromatic N) is 3. The van der Waals surface area contributed by atoms with Crippen LogP contribution in [-0.4, -0.2) is 39.5 Å². The number of anilines is 1. The van der Waals surface area contributed by atoms with Crippen LogP contribution in [0.5, 0.6) is 0 Å². The Bertz CT molecular complexity index is 1270. The molecule has 0 bridgehead atoms. The standard InChI is InChI=1S/C25H25N5O3S/c1-15(2)16-9-11-18(12-10-16)21-28-29-23(34-21)26-20(31)14-30-22(32)25(27-24(30)33)13-5-7-17-6-3-4-8-19(17)25/h3-4,6,8-12,15H,5,7,13-14H2,1-2H3,(H,27,33)(H,26,29,31). The van der Waals surface area contributed by atoms with Crippen molar-refractivity contribution in [3.05, 3.63) is 65.2 Å². The first-order chi connectivity index (χ1) is 16.4. The fourth-order valence-electron chi connectivity index (χ4n) is 4.66. The first kappa shape index (κ1) is 22.2. The maximum atomic E-state index is 13.3. The molecule has 0 saturated carbocycles. The minimum atomic E-state index is -1.09. The lowest BCUT2D eigenvalue weighted by Crippen LogP contribution is -2.47.